The normalized spacial score (nSPS) is 22.8. The smallest absolute Gasteiger partial charge is 0.405 e. The van der Waals surface area contributed by atoms with E-state index < -0.39 is 35.4 Å². The number of hydrogen-bond donors (Lipinski definition) is 2. The highest BCUT2D eigenvalue weighted by Gasteiger charge is 2.63. The van der Waals surface area contributed by atoms with Gasteiger partial charge in [0.05, 0.1) is 33.6 Å². The second-order valence-corrected chi connectivity index (χ2v) is 24.3. The highest BCUT2D eigenvalue weighted by Crippen LogP contribution is 2.43. The lowest BCUT2D eigenvalue weighted by molar-refractivity contribution is 0.00578. The fourth-order valence-electron chi connectivity index (χ4n) is 5.14. The molecule has 0 aliphatic carbocycles. The van der Waals surface area contributed by atoms with Gasteiger partial charge in [0.15, 0.2) is 0 Å². The highest BCUT2D eigenvalue weighted by atomic mass is 79.9. The Morgan fingerprint density at radius 1 is 0.520 bits per heavy atom. The first-order valence-corrected chi connectivity index (χ1v) is 22.9. The van der Waals surface area contributed by atoms with E-state index in [0.29, 0.717) is 16.7 Å². The van der Waals surface area contributed by atoms with Crippen LogP contribution in [0.15, 0.2) is 40.9 Å². The van der Waals surface area contributed by atoms with Crippen LogP contribution in [0.2, 0.25) is 0 Å². The second kappa shape index (κ2) is 14.3. The van der Waals surface area contributed by atoms with E-state index >= 15 is 0 Å². The van der Waals surface area contributed by atoms with Crippen LogP contribution in [0.1, 0.15) is 83.1 Å². The molecule has 3 heterocycles. The number of rotatable bonds is 4. The Morgan fingerprint density at radius 3 is 1.14 bits per heavy atom. The van der Waals surface area contributed by atoms with Crippen LogP contribution in [-0.2, 0) is 37.1 Å². The van der Waals surface area contributed by atoms with E-state index in [9.17, 15) is 9.13 Å². The summed E-state index contributed by atoms with van der Waals surface area (Å²) in [6.07, 6.45) is 0. The van der Waals surface area contributed by atoms with Crippen LogP contribution >= 0.6 is 30.2 Å². The van der Waals surface area contributed by atoms with Gasteiger partial charge < -0.3 is 48.5 Å². The van der Waals surface area contributed by atoms with Crippen LogP contribution in [-0.4, -0.2) is 81.4 Å². The molecule has 16 heteroatoms. The zero-order chi connectivity index (χ0) is 38.7. The molecule has 3 saturated heterocycles. The summed E-state index contributed by atoms with van der Waals surface area (Å²) in [6, 6.07) is 10.9. The van der Waals surface area contributed by atoms with Crippen LogP contribution in [0.4, 0.5) is 11.4 Å². The average Bonchev–Trinajstić information content (AvgIpc) is 3.38. The Hall–Kier alpha value is -1.07. The molecule has 3 aliphatic rings. The number of nitrogens with two attached hydrogens (primary N) is 2. The Morgan fingerprint density at radius 2 is 0.820 bits per heavy atom. The summed E-state index contributed by atoms with van der Waals surface area (Å²) in [7, 11) is -6.07. The van der Waals surface area contributed by atoms with Crippen LogP contribution in [0.25, 0.3) is 0 Å². The standard InChI is InChI=1S/C14H23BNO3P.C12H24B2O4.C8H11BrNOP/c1-13(2)14(3,4)19-15(18-13)10-7-8-11(16)12(9-10)20(5,6)17;1-9(2)10(3,4)16-13(15-9)14-17-11(5,6)12(7,8)18-14;1-12(2,11)8-5-6(9)3-4-7(8)10/h7-9H,16H2,1-6H3;1-8H3;3-5H,10H2,1-2H3. The monoisotopic (exact) mass is 796 g/mol. The molecule has 0 radical (unpaired) electrons. The summed E-state index contributed by atoms with van der Waals surface area (Å²) in [5.74, 6) is 0. The van der Waals surface area contributed by atoms with E-state index in [1.807, 2.05) is 107 Å². The molecule has 5 rings (SSSR count). The van der Waals surface area contributed by atoms with E-state index in [1.54, 1.807) is 38.8 Å². The molecule has 2 aromatic carbocycles. The molecule has 0 aromatic heterocycles. The minimum atomic E-state index is -2.42. The summed E-state index contributed by atoms with van der Waals surface area (Å²) >= 11 is 3.31. The topological polar surface area (TPSA) is 142 Å². The summed E-state index contributed by atoms with van der Waals surface area (Å²) in [5, 5.41) is 1.43. The molecule has 0 unspecified atom stereocenters. The van der Waals surface area contributed by atoms with Gasteiger partial charge in [0.1, 0.15) is 14.3 Å². The van der Waals surface area contributed by atoms with Crippen molar-refractivity contribution < 1.29 is 37.1 Å². The number of nitrogen functional groups attached to an aromatic ring is 2. The molecule has 0 spiro atoms. The zero-order valence-corrected chi connectivity index (χ0v) is 36.3. The van der Waals surface area contributed by atoms with Crippen molar-refractivity contribution in [2.45, 2.75) is 117 Å². The minimum absolute atomic E-state index is 0.360. The minimum Gasteiger partial charge on any atom is -0.405 e. The van der Waals surface area contributed by atoms with Crippen LogP contribution in [0.3, 0.4) is 0 Å². The molecule has 0 amide bonds. The Bertz CT molecular complexity index is 1580. The third kappa shape index (κ3) is 9.53. The molecule has 4 N–H and O–H groups in total. The molecule has 278 valence electrons. The summed E-state index contributed by atoms with van der Waals surface area (Å²) < 4.78 is 60.8. The first kappa shape index (κ1) is 43.3. The van der Waals surface area contributed by atoms with Gasteiger partial charge in [-0.05, 0) is 146 Å². The van der Waals surface area contributed by atoms with E-state index in [1.165, 1.54) is 0 Å². The Balaban J connectivity index is 0.000000209. The van der Waals surface area contributed by atoms with Gasteiger partial charge in [-0.15, -0.1) is 0 Å². The van der Waals surface area contributed by atoms with Crippen LogP contribution in [0.5, 0.6) is 0 Å². The van der Waals surface area contributed by atoms with Crippen molar-refractivity contribution in [3.8, 4) is 0 Å². The maximum Gasteiger partial charge on any atom is 0.494 e. The molecule has 50 heavy (non-hydrogen) atoms. The number of halogens is 1. The van der Waals surface area contributed by atoms with Gasteiger partial charge in [-0.25, -0.2) is 0 Å². The van der Waals surface area contributed by atoms with Gasteiger partial charge in [0.2, 0.25) is 0 Å². The van der Waals surface area contributed by atoms with Gasteiger partial charge in [-0.1, -0.05) is 22.0 Å². The lowest BCUT2D eigenvalue weighted by atomic mass is 9.49. The van der Waals surface area contributed by atoms with Gasteiger partial charge in [-0.2, -0.15) is 0 Å². The van der Waals surface area contributed by atoms with E-state index in [2.05, 4.69) is 15.9 Å². The van der Waals surface area contributed by atoms with Crippen molar-refractivity contribution >= 4 is 78.8 Å². The number of hydrogen-bond acceptors (Lipinski definition) is 10. The van der Waals surface area contributed by atoms with E-state index in [-0.39, 0.29) is 33.6 Å². The van der Waals surface area contributed by atoms with Gasteiger partial charge in [0.25, 0.3) is 0 Å². The van der Waals surface area contributed by atoms with Crippen molar-refractivity contribution in [1.29, 1.82) is 0 Å². The Kier molecular flexibility index (Phi) is 12.4. The molecule has 0 bridgehead atoms. The van der Waals surface area contributed by atoms with Gasteiger partial charge >= 0.3 is 21.1 Å². The largest absolute Gasteiger partial charge is 0.494 e. The summed E-state index contributed by atoms with van der Waals surface area (Å²) in [5.41, 5.74) is 11.4. The van der Waals surface area contributed by atoms with Crippen molar-refractivity contribution in [3.63, 3.8) is 0 Å². The molecule has 0 atom stereocenters. The fraction of sp³-hybridized carbons (Fsp3) is 0.647. The molecule has 10 nitrogen and oxygen atoms in total. The molecule has 3 aliphatic heterocycles. The highest BCUT2D eigenvalue weighted by molar-refractivity contribution is 9.10. The van der Waals surface area contributed by atoms with E-state index in [0.717, 1.165) is 15.2 Å². The van der Waals surface area contributed by atoms with Crippen molar-refractivity contribution in [2.75, 3.05) is 38.1 Å². The Labute approximate surface area is 310 Å². The molecule has 3 fully saturated rings. The summed E-state index contributed by atoms with van der Waals surface area (Å²) in [6.45, 7) is 31.1. The number of benzene rings is 2. The SMILES string of the molecule is CC1(C)OB(B2OC(C)(C)C(C)(C)O2)OC1(C)C.CC1(C)OB(c2ccc(N)c(P(C)(C)=O)c2)OC1(C)C.CP(C)(=O)c1cc(Br)ccc1N. The molecule has 2 aromatic rings. The quantitative estimate of drug-likeness (QED) is 0.205. The fourth-order valence-corrected chi connectivity index (χ4v) is 7.98. The molecule has 0 saturated carbocycles. The maximum atomic E-state index is 12.3. The third-order valence-corrected chi connectivity index (χ3v) is 14.1. The van der Waals surface area contributed by atoms with Crippen molar-refractivity contribution in [1.82, 2.24) is 0 Å². The van der Waals surface area contributed by atoms with Crippen LogP contribution < -0.4 is 27.5 Å². The molecular weight excluding hydrogens is 739 g/mol. The predicted molar refractivity (Wildman–Crippen MR) is 215 cm³/mol. The lowest BCUT2D eigenvalue weighted by Crippen LogP contribution is -2.41. The third-order valence-electron chi connectivity index (χ3n) is 10.5. The van der Waals surface area contributed by atoms with Crippen molar-refractivity contribution in [2.24, 2.45) is 0 Å². The average molecular weight is 797 g/mol. The van der Waals surface area contributed by atoms with Gasteiger partial charge in [0, 0.05) is 26.5 Å². The van der Waals surface area contributed by atoms with Gasteiger partial charge in [-0.3, -0.25) is 0 Å². The summed E-state index contributed by atoms with van der Waals surface area (Å²) in [4.78, 5) is 0. The van der Waals surface area contributed by atoms with E-state index in [4.69, 9.17) is 39.4 Å². The van der Waals surface area contributed by atoms with Crippen LogP contribution in [0, 0.1) is 0 Å². The number of anilines is 2. The molecular formula is C34H58B3BrN2O8P2. The first-order valence-electron chi connectivity index (χ1n) is 16.9. The zero-order valence-electron chi connectivity index (χ0n) is 32.9. The maximum absolute atomic E-state index is 12.3. The van der Waals surface area contributed by atoms with Crippen molar-refractivity contribution in [3.05, 3.63) is 40.9 Å². The predicted octanol–water partition coefficient (Wildman–Crippen LogP) is 6.34. The second-order valence-electron chi connectivity index (χ2n) is 17.1. The lowest BCUT2D eigenvalue weighted by Gasteiger charge is -2.32. The first-order chi connectivity index (χ1) is 22.2.